The van der Waals surface area contributed by atoms with E-state index in [1.807, 2.05) is 11.8 Å². The van der Waals surface area contributed by atoms with Crippen molar-refractivity contribution in [3.8, 4) is 0 Å². The van der Waals surface area contributed by atoms with Crippen LogP contribution in [0.1, 0.15) is 31.7 Å². The van der Waals surface area contributed by atoms with Gasteiger partial charge in [0, 0.05) is 12.1 Å². The van der Waals surface area contributed by atoms with Gasteiger partial charge in [0.1, 0.15) is 17.3 Å². The second kappa shape index (κ2) is 5.91. The molecule has 0 saturated carbocycles. The van der Waals surface area contributed by atoms with Crippen molar-refractivity contribution in [2.24, 2.45) is 5.92 Å². The van der Waals surface area contributed by atoms with Crippen LogP contribution in [0.15, 0.2) is 6.33 Å². The molecule has 0 aromatic carbocycles. The Labute approximate surface area is 112 Å². The summed E-state index contributed by atoms with van der Waals surface area (Å²) in [5.41, 5.74) is 1.03. The van der Waals surface area contributed by atoms with Gasteiger partial charge in [0.15, 0.2) is 0 Å². The number of hydrogen-bond donors (Lipinski definition) is 1. The zero-order chi connectivity index (χ0) is 12.3. The summed E-state index contributed by atoms with van der Waals surface area (Å²) < 4.78 is 0. The number of halogens is 1. The minimum Gasteiger partial charge on any atom is -0.369 e. The molecule has 1 N–H and O–H groups in total. The first-order valence-electron chi connectivity index (χ1n) is 6.00. The first-order valence-corrected chi connectivity index (χ1v) is 7.53. The number of aromatic nitrogens is 2. The number of anilines is 1. The Bertz CT molecular complexity index is 378. The highest BCUT2D eigenvalue weighted by molar-refractivity contribution is 7.99. The summed E-state index contributed by atoms with van der Waals surface area (Å²) in [7, 11) is 0. The summed E-state index contributed by atoms with van der Waals surface area (Å²) in [6.07, 6.45) is 2.83. The molecule has 1 aromatic rings. The molecule has 1 aliphatic heterocycles. The lowest BCUT2D eigenvalue weighted by molar-refractivity contribution is 0.629. The molecular formula is C12H18ClN3S. The third kappa shape index (κ3) is 3.26. The van der Waals surface area contributed by atoms with Crippen molar-refractivity contribution < 1.29 is 0 Å². The van der Waals surface area contributed by atoms with Crippen molar-refractivity contribution in [2.75, 3.05) is 23.4 Å². The largest absolute Gasteiger partial charge is 0.369 e. The maximum atomic E-state index is 6.12. The molecule has 5 heteroatoms. The molecule has 1 aliphatic rings. The first-order chi connectivity index (χ1) is 8.18. The molecule has 0 amide bonds. The number of thioether (sulfide) groups is 1. The van der Waals surface area contributed by atoms with E-state index in [2.05, 4.69) is 29.1 Å². The summed E-state index contributed by atoms with van der Waals surface area (Å²) in [4.78, 5) is 8.36. The quantitative estimate of drug-likeness (QED) is 0.852. The van der Waals surface area contributed by atoms with Gasteiger partial charge in [-0.15, -0.1) is 0 Å². The Balaban J connectivity index is 2.06. The van der Waals surface area contributed by atoms with E-state index < -0.39 is 0 Å². The molecule has 1 unspecified atom stereocenters. The van der Waals surface area contributed by atoms with Gasteiger partial charge in [-0.25, -0.2) is 9.97 Å². The van der Waals surface area contributed by atoms with Crippen molar-refractivity contribution in [1.82, 2.24) is 9.97 Å². The summed E-state index contributed by atoms with van der Waals surface area (Å²) in [5, 5.41) is 4.00. The van der Waals surface area contributed by atoms with Crippen molar-refractivity contribution in [3.05, 3.63) is 17.0 Å². The van der Waals surface area contributed by atoms with Gasteiger partial charge in [-0.1, -0.05) is 25.4 Å². The van der Waals surface area contributed by atoms with Gasteiger partial charge in [-0.3, -0.25) is 0 Å². The maximum Gasteiger partial charge on any atom is 0.138 e. The van der Waals surface area contributed by atoms with Gasteiger partial charge >= 0.3 is 0 Å². The number of nitrogens with one attached hydrogen (secondary N) is 1. The molecule has 94 valence electrons. The van der Waals surface area contributed by atoms with Crippen molar-refractivity contribution >= 4 is 29.2 Å². The van der Waals surface area contributed by atoms with Crippen molar-refractivity contribution in [1.29, 1.82) is 0 Å². The van der Waals surface area contributed by atoms with Crippen molar-refractivity contribution in [2.45, 2.75) is 26.2 Å². The van der Waals surface area contributed by atoms with E-state index in [4.69, 9.17) is 11.6 Å². The molecule has 2 rings (SSSR count). The van der Waals surface area contributed by atoms with E-state index in [0.29, 0.717) is 11.1 Å². The van der Waals surface area contributed by atoms with Gasteiger partial charge < -0.3 is 5.32 Å². The Kier molecular flexibility index (Phi) is 4.51. The smallest absolute Gasteiger partial charge is 0.138 e. The SMILES string of the molecule is CC(C)c1c(Cl)ncnc1NCC1CCSC1. The third-order valence-corrected chi connectivity index (χ3v) is 4.53. The Morgan fingerprint density at radius 3 is 3.00 bits per heavy atom. The summed E-state index contributed by atoms with van der Waals surface area (Å²) >= 11 is 8.16. The van der Waals surface area contributed by atoms with Crippen LogP contribution in [-0.2, 0) is 0 Å². The molecule has 2 heterocycles. The lowest BCUT2D eigenvalue weighted by Crippen LogP contribution is -2.16. The van der Waals surface area contributed by atoms with E-state index in [1.54, 1.807) is 0 Å². The molecule has 0 bridgehead atoms. The highest BCUT2D eigenvalue weighted by atomic mass is 35.5. The fourth-order valence-electron chi connectivity index (χ4n) is 2.01. The molecule has 3 nitrogen and oxygen atoms in total. The second-order valence-corrected chi connectivity index (χ2v) is 6.20. The molecule has 0 aliphatic carbocycles. The zero-order valence-corrected chi connectivity index (χ0v) is 11.8. The van der Waals surface area contributed by atoms with E-state index in [9.17, 15) is 0 Å². The minimum atomic E-state index is 0.337. The van der Waals surface area contributed by atoms with Crippen LogP contribution in [0.3, 0.4) is 0 Å². The normalized spacial score (nSPS) is 19.9. The Morgan fingerprint density at radius 2 is 2.35 bits per heavy atom. The fraction of sp³-hybridized carbons (Fsp3) is 0.667. The molecule has 1 fully saturated rings. The van der Waals surface area contributed by atoms with Crippen LogP contribution >= 0.6 is 23.4 Å². The summed E-state index contributed by atoms with van der Waals surface area (Å²) in [6, 6.07) is 0. The van der Waals surface area contributed by atoms with E-state index >= 15 is 0 Å². The predicted molar refractivity (Wildman–Crippen MR) is 75.1 cm³/mol. The topological polar surface area (TPSA) is 37.8 Å². The molecule has 1 atom stereocenters. The monoisotopic (exact) mass is 271 g/mol. The molecule has 1 aromatic heterocycles. The van der Waals surface area contributed by atoms with Gasteiger partial charge in [-0.05, 0) is 29.8 Å². The lowest BCUT2D eigenvalue weighted by atomic mass is 10.1. The molecular weight excluding hydrogens is 254 g/mol. The Morgan fingerprint density at radius 1 is 1.53 bits per heavy atom. The average molecular weight is 272 g/mol. The summed E-state index contributed by atoms with van der Waals surface area (Å²) in [6.45, 7) is 5.21. The number of hydrogen-bond acceptors (Lipinski definition) is 4. The van der Waals surface area contributed by atoms with E-state index in [1.165, 1.54) is 24.3 Å². The van der Waals surface area contributed by atoms with Gasteiger partial charge in [-0.2, -0.15) is 11.8 Å². The fourth-order valence-corrected chi connectivity index (χ4v) is 3.65. The predicted octanol–water partition coefficient (Wildman–Crippen LogP) is 3.42. The highest BCUT2D eigenvalue weighted by Crippen LogP contribution is 2.29. The highest BCUT2D eigenvalue weighted by Gasteiger charge is 2.18. The van der Waals surface area contributed by atoms with Crippen LogP contribution in [0.5, 0.6) is 0 Å². The minimum absolute atomic E-state index is 0.337. The van der Waals surface area contributed by atoms with Crippen LogP contribution in [0.2, 0.25) is 5.15 Å². The van der Waals surface area contributed by atoms with Crippen LogP contribution in [0.4, 0.5) is 5.82 Å². The molecule has 0 spiro atoms. The molecule has 1 saturated heterocycles. The Hall–Kier alpha value is -0.480. The molecule has 0 radical (unpaired) electrons. The van der Waals surface area contributed by atoms with E-state index in [0.717, 1.165) is 23.8 Å². The van der Waals surface area contributed by atoms with Crippen LogP contribution in [-0.4, -0.2) is 28.0 Å². The van der Waals surface area contributed by atoms with Gasteiger partial charge in [0.25, 0.3) is 0 Å². The standard InChI is InChI=1S/C12H18ClN3S/c1-8(2)10-11(13)15-7-16-12(10)14-5-9-3-4-17-6-9/h7-9H,3-6H2,1-2H3,(H,14,15,16). The first kappa shape index (κ1) is 13.0. The zero-order valence-electron chi connectivity index (χ0n) is 10.2. The lowest BCUT2D eigenvalue weighted by Gasteiger charge is -2.16. The number of nitrogens with zero attached hydrogens (tertiary/aromatic N) is 2. The third-order valence-electron chi connectivity index (χ3n) is 2.99. The second-order valence-electron chi connectivity index (χ2n) is 4.69. The summed E-state index contributed by atoms with van der Waals surface area (Å²) in [5.74, 6) is 4.53. The van der Waals surface area contributed by atoms with Crippen LogP contribution < -0.4 is 5.32 Å². The van der Waals surface area contributed by atoms with Crippen LogP contribution in [0.25, 0.3) is 0 Å². The maximum absolute atomic E-state index is 6.12. The number of rotatable bonds is 4. The van der Waals surface area contributed by atoms with E-state index in [-0.39, 0.29) is 0 Å². The van der Waals surface area contributed by atoms with Gasteiger partial charge in [0.2, 0.25) is 0 Å². The van der Waals surface area contributed by atoms with Gasteiger partial charge in [0.05, 0.1) is 0 Å². The average Bonchev–Trinajstić information content (AvgIpc) is 2.78. The molecule has 17 heavy (non-hydrogen) atoms. The van der Waals surface area contributed by atoms with Crippen molar-refractivity contribution in [3.63, 3.8) is 0 Å². The van der Waals surface area contributed by atoms with Crippen LogP contribution in [0, 0.1) is 5.92 Å².